The average Bonchev–Trinajstić information content (AvgIpc) is 2.81. The van der Waals surface area contributed by atoms with Crippen LogP contribution in [0.2, 0.25) is 0 Å². The van der Waals surface area contributed by atoms with Crippen molar-refractivity contribution < 1.29 is 14.4 Å². The number of fused-ring (bicyclic) bond motifs is 1. The van der Waals surface area contributed by atoms with E-state index in [1.165, 1.54) is 0 Å². The highest BCUT2D eigenvalue weighted by Crippen LogP contribution is 2.32. The summed E-state index contributed by atoms with van der Waals surface area (Å²) in [6.45, 7) is 2.73. The second kappa shape index (κ2) is 4.87. The summed E-state index contributed by atoms with van der Waals surface area (Å²) in [5.41, 5.74) is 1.34. The first-order valence-electron chi connectivity index (χ1n) is 6.98. The molecule has 1 saturated heterocycles. The third-order valence-electron chi connectivity index (χ3n) is 4.19. The zero-order valence-corrected chi connectivity index (χ0v) is 11.8. The van der Waals surface area contributed by atoms with Crippen molar-refractivity contribution in [2.24, 2.45) is 5.41 Å². The first-order valence-corrected chi connectivity index (χ1v) is 6.98. The minimum atomic E-state index is -0.707. The number of carbonyl (C=O) groups is 3. The summed E-state index contributed by atoms with van der Waals surface area (Å²) in [7, 11) is 0. The molecule has 0 radical (unpaired) electrons. The summed E-state index contributed by atoms with van der Waals surface area (Å²) in [5.74, 6) is -0.400. The monoisotopic (exact) mass is 287 g/mol. The van der Waals surface area contributed by atoms with Crippen LogP contribution in [0.4, 0.5) is 5.69 Å². The predicted molar refractivity (Wildman–Crippen MR) is 76.6 cm³/mol. The Hall–Kier alpha value is -2.37. The number of anilines is 1. The van der Waals surface area contributed by atoms with Crippen LogP contribution in [0.3, 0.4) is 0 Å². The zero-order chi connectivity index (χ0) is 15.0. The molecule has 1 aromatic rings. The molecule has 2 aliphatic rings. The molecule has 6 nitrogen and oxygen atoms in total. The zero-order valence-electron chi connectivity index (χ0n) is 11.8. The van der Waals surface area contributed by atoms with Crippen molar-refractivity contribution in [3.05, 3.63) is 29.3 Å². The molecule has 0 bridgehead atoms. The van der Waals surface area contributed by atoms with Crippen molar-refractivity contribution in [2.45, 2.75) is 26.3 Å². The summed E-state index contributed by atoms with van der Waals surface area (Å²) in [6.07, 6.45) is 0.793. The first kappa shape index (κ1) is 13.6. The lowest BCUT2D eigenvalue weighted by Gasteiger charge is -2.31. The van der Waals surface area contributed by atoms with Gasteiger partial charge in [0.25, 0.3) is 5.91 Å². The van der Waals surface area contributed by atoms with Crippen molar-refractivity contribution in [2.75, 3.05) is 11.9 Å². The minimum Gasteiger partial charge on any atom is -0.356 e. The molecule has 0 unspecified atom stereocenters. The number of amides is 3. The fourth-order valence-electron chi connectivity index (χ4n) is 2.82. The maximum atomic E-state index is 12.5. The Labute approximate surface area is 122 Å². The van der Waals surface area contributed by atoms with E-state index >= 15 is 0 Å². The van der Waals surface area contributed by atoms with E-state index in [9.17, 15) is 14.4 Å². The fourth-order valence-corrected chi connectivity index (χ4v) is 2.82. The number of hydrogen-bond acceptors (Lipinski definition) is 3. The van der Waals surface area contributed by atoms with Gasteiger partial charge in [-0.3, -0.25) is 14.4 Å². The number of hydrogen-bond donors (Lipinski definition) is 3. The second-order valence-electron chi connectivity index (χ2n) is 5.81. The molecule has 2 heterocycles. The van der Waals surface area contributed by atoms with Crippen LogP contribution < -0.4 is 16.0 Å². The van der Waals surface area contributed by atoms with Crippen LogP contribution in [0, 0.1) is 5.41 Å². The molecule has 1 atom stereocenters. The van der Waals surface area contributed by atoms with Crippen molar-refractivity contribution in [1.29, 1.82) is 0 Å². The minimum absolute atomic E-state index is 0.103. The molecule has 1 fully saturated rings. The van der Waals surface area contributed by atoms with E-state index in [0.29, 0.717) is 30.8 Å². The molecule has 1 aromatic carbocycles. The van der Waals surface area contributed by atoms with Crippen molar-refractivity contribution in [3.8, 4) is 0 Å². The summed E-state index contributed by atoms with van der Waals surface area (Å²) in [5, 5.41) is 8.35. The first-order chi connectivity index (χ1) is 9.99. The molecule has 6 heteroatoms. The Morgan fingerprint density at radius 3 is 2.86 bits per heavy atom. The Kier molecular flexibility index (Phi) is 3.16. The number of rotatable bonds is 2. The molecule has 0 aliphatic carbocycles. The topological polar surface area (TPSA) is 87.3 Å². The van der Waals surface area contributed by atoms with Crippen LogP contribution in [0.5, 0.6) is 0 Å². The van der Waals surface area contributed by atoms with E-state index in [0.717, 1.165) is 5.56 Å². The molecule has 3 amide bonds. The van der Waals surface area contributed by atoms with Gasteiger partial charge >= 0.3 is 0 Å². The van der Waals surface area contributed by atoms with E-state index in [1.54, 1.807) is 25.1 Å². The van der Waals surface area contributed by atoms with E-state index in [-0.39, 0.29) is 24.1 Å². The number of carbonyl (C=O) groups excluding carboxylic acids is 3. The van der Waals surface area contributed by atoms with Crippen LogP contribution in [0.15, 0.2) is 18.2 Å². The van der Waals surface area contributed by atoms with Crippen LogP contribution in [-0.4, -0.2) is 24.3 Å². The smallest absolute Gasteiger partial charge is 0.251 e. The highest BCUT2D eigenvalue weighted by atomic mass is 16.2. The summed E-state index contributed by atoms with van der Waals surface area (Å²) < 4.78 is 0. The van der Waals surface area contributed by atoms with Crippen molar-refractivity contribution in [3.63, 3.8) is 0 Å². The van der Waals surface area contributed by atoms with Gasteiger partial charge in [-0.25, -0.2) is 0 Å². The van der Waals surface area contributed by atoms with Gasteiger partial charge in [0.15, 0.2) is 0 Å². The normalized spacial score (nSPS) is 24.0. The van der Waals surface area contributed by atoms with E-state index in [1.807, 2.05) is 0 Å². The van der Waals surface area contributed by atoms with Crippen LogP contribution >= 0.6 is 0 Å². The third kappa shape index (κ3) is 2.37. The Morgan fingerprint density at radius 2 is 2.10 bits per heavy atom. The van der Waals surface area contributed by atoms with Gasteiger partial charge in [-0.1, -0.05) is 13.0 Å². The van der Waals surface area contributed by atoms with Crippen LogP contribution in [-0.2, 0) is 16.1 Å². The number of nitrogens with one attached hydrogen (secondary N) is 3. The third-order valence-corrected chi connectivity index (χ3v) is 4.19. The average molecular weight is 287 g/mol. The van der Waals surface area contributed by atoms with Gasteiger partial charge < -0.3 is 16.0 Å². The van der Waals surface area contributed by atoms with E-state index in [2.05, 4.69) is 16.0 Å². The second-order valence-corrected chi connectivity index (χ2v) is 5.81. The molecule has 0 aromatic heterocycles. The Bertz CT molecular complexity index is 641. The van der Waals surface area contributed by atoms with Crippen LogP contribution in [0.25, 0.3) is 0 Å². The molecule has 110 valence electrons. The van der Waals surface area contributed by atoms with Gasteiger partial charge in [-0.15, -0.1) is 0 Å². The number of piperidine rings is 1. The Morgan fingerprint density at radius 1 is 1.29 bits per heavy atom. The van der Waals surface area contributed by atoms with Crippen molar-refractivity contribution >= 4 is 23.4 Å². The standard InChI is InChI=1S/C15H17N3O3/c1-15(5-6-16-12(19)7-15)14(21)18-11-4-2-3-9-10(11)8-17-13(9)20/h2-4H,5-8H2,1H3,(H,16,19)(H,17,20)(H,18,21)/t15-/m0/s1. The maximum absolute atomic E-state index is 12.5. The lowest BCUT2D eigenvalue weighted by molar-refractivity contribution is -0.134. The summed E-state index contributed by atoms with van der Waals surface area (Å²) in [6, 6.07) is 5.27. The van der Waals surface area contributed by atoms with Gasteiger partial charge in [0.2, 0.25) is 11.8 Å². The SMILES string of the molecule is C[C@]1(C(=O)Nc2cccc3c2CNC3=O)CCNC(=O)C1. The quantitative estimate of drug-likeness (QED) is 0.751. The molecular weight excluding hydrogens is 270 g/mol. The Balaban J connectivity index is 1.83. The highest BCUT2D eigenvalue weighted by Gasteiger charge is 2.38. The summed E-state index contributed by atoms with van der Waals surface area (Å²) >= 11 is 0. The maximum Gasteiger partial charge on any atom is 0.251 e. The molecular formula is C15H17N3O3. The largest absolute Gasteiger partial charge is 0.356 e. The van der Waals surface area contributed by atoms with Gasteiger partial charge in [-0.2, -0.15) is 0 Å². The molecule has 3 rings (SSSR count). The van der Waals surface area contributed by atoms with Crippen molar-refractivity contribution in [1.82, 2.24) is 10.6 Å². The van der Waals surface area contributed by atoms with Crippen LogP contribution in [0.1, 0.15) is 35.7 Å². The van der Waals surface area contributed by atoms with Gasteiger partial charge in [0.05, 0.1) is 5.41 Å². The molecule has 21 heavy (non-hydrogen) atoms. The van der Waals surface area contributed by atoms with Gasteiger partial charge in [0.1, 0.15) is 0 Å². The molecule has 0 spiro atoms. The van der Waals surface area contributed by atoms with Gasteiger partial charge in [-0.05, 0) is 18.6 Å². The van der Waals surface area contributed by atoms with Gasteiger partial charge in [0, 0.05) is 36.3 Å². The molecule has 2 aliphatic heterocycles. The fraction of sp³-hybridized carbons (Fsp3) is 0.400. The highest BCUT2D eigenvalue weighted by molar-refractivity contribution is 6.03. The molecule has 3 N–H and O–H groups in total. The number of benzene rings is 1. The van der Waals surface area contributed by atoms with E-state index < -0.39 is 5.41 Å². The summed E-state index contributed by atoms with van der Waals surface area (Å²) in [4.78, 5) is 35.7. The lowest BCUT2D eigenvalue weighted by Crippen LogP contribution is -2.45. The van der Waals surface area contributed by atoms with E-state index in [4.69, 9.17) is 0 Å². The predicted octanol–water partition coefficient (Wildman–Crippen LogP) is 0.785. The molecule has 0 saturated carbocycles. The lowest BCUT2D eigenvalue weighted by atomic mass is 9.79.